The fourth-order valence-corrected chi connectivity index (χ4v) is 2.99. The number of hydrogen-bond acceptors (Lipinski definition) is 5. The highest BCUT2D eigenvalue weighted by Gasteiger charge is 2.19. The van der Waals surface area contributed by atoms with E-state index in [1.807, 2.05) is 24.3 Å². The molecule has 1 amide bonds. The van der Waals surface area contributed by atoms with Gasteiger partial charge in [-0.25, -0.2) is 0 Å². The summed E-state index contributed by atoms with van der Waals surface area (Å²) in [4.78, 5) is 16.6. The predicted molar refractivity (Wildman–Crippen MR) is 95.3 cm³/mol. The summed E-state index contributed by atoms with van der Waals surface area (Å²) >= 11 is 0. The second-order valence-corrected chi connectivity index (χ2v) is 6.26. The monoisotopic (exact) mass is 343 g/mol. The van der Waals surface area contributed by atoms with Crippen molar-refractivity contribution in [2.45, 2.75) is 13.1 Å². The van der Waals surface area contributed by atoms with E-state index in [0.29, 0.717) is 13.1 Å². The topological polar surface area (TPSA) is 58.0 Å². The number of piperazine rings is 1. The van der Waals surface area contributed by atoms with Crippen LogP contribution in [0.5, 0.6) is 5.75 Å². The van der Waals surface area contributed by atoms with E-state index >= 15 is 0 Å². The molecule has 1 fully saturated rings. The number of nitrogens with zero attached hydrogens (tertiary/aromatic N) is 2. The number of hydrogen-bond donors (Lipinski definition) is 1. The van der Waals surface area contributed by atoms with Gasteiger partial charge in [0.15, 0.2) is 0 Å². The molecule has 0 spiro atoms. The summed E-state index contributed by atoms with van der Waals surface area (Å²) in [6.07, 6.45) is 1.61. The third kappa shape index (κ3) is 5.34. The van der Waals surface area contributed by atoms with Gasteiger partial charge in [-0.2, -0.15) is 0 Å². The lowest BCUT2D eigenvalue weighted by molar-refractivity contribution is -0.122. The van der Waals surface area contributed by atoms with E-state index in [1.165, 1.54) is 5.56 Å². The van der Waals surface area contributed by atoms with Gasteiger partial charge >= 0.3 is 0 Å². The van der Waals surface area contributed by atoms with Gasteiger partial charge in [0.25, 0.3) is 0 Å². The third-order valence-corrected chi connectivity index (χ3v) is 4.41. The average molecular weight is 343 g/mol. The number of carbonyl (C=O) groups is 1. The Labute approximate surface area is 148 Å². The van der Waals surface area contributed by atoms with Gasteiger partial charge in [0, 0.05) is 32.7 Å². The van der Waals surface area contributed by atoms with Crippen LogP contribution in [0.15, 0.2) is 47.1 Å². The molecular formula is C19H25N3O3. The summed E-state index contributed by atoms with van der Waals surface area (Å²) in [7, 11) is 1.69. The minimum Gasteiger partial charge on any atom is -0.497 e. The zero-order valence-electron chi connectivity index (χ0n) is 14.6. The lowest BCUT2D eigenvalue weighted by Gasteiger charge is -2.34. The molecule has 1 aliphatic rings. The molecular weight excluding hydrogens is 318 g/mol. The zero-order chi connectivity index (χ0) is 17.5. The maximum Gasteiger partial charge on any atom is 0.234 e. The fourth-order valence-electron chi connectivity index (χ4n) is 2.99. The van der Waals surface area contributed by atoms with Crippen LogP contribution in [0.3, 0.4) is 0 Å². The maximum atomic E-state index is 12.0. The molecule has 6 heteroatoms. The van der Waals surface area contributed by atoms with E-state index in [4.69, 9.17) is 9.15 Å². The Morgan fingerprint density at radius 3 is 2.68 bits per heavy atom. The van der Waals surface area contributed by atoms with E-state index in [0.717, 1.165) is 44.2 Å². The van der Waals surface area contributed by atoms with Gasteiger partial charge in [0.2, 0.25) is 5.91 Å². The van der Waals surface area contributed by atoms with Crippen molar-refractivity contribution in [2.24, 2.45) is 0 Å². The first-order valence-corrected chi connectivity index (χ1v) is 8.59. The molecule has 134 valence electrons. The number of rotatable bonds is 7. The van der Waals surface area contributed by atoms with Crippen molar-refractivity contribution in [1.29, 1.82) is 0 Å². The quantitative estimate of drug-likeness (QED) is 0.830. The van der Waals surface area contributed by atoms with Gasteiger partial charge in [-0.1, -0.05) is 12.1 Å². The first-order chi connectivity index (χ1) is 12.2. The number of benzene rings is 1. The molecule has 2 heterocycles. The normalized spacial score (nSPS) is 15.9. The molecule has 0 unspecified atom stereocenters. The van der Waals surface area contributed by atoms with Gasteiger partial charge in [-0.3, -0.25) is 14.6 Å². The Morgan fingerprint density at radius 1 is 1.16 bits per heavy atom. The minimum atomic E-state index is 0.0395. The van der Waals surface area contributed by atoms with Crippen molar-refractivity contribution in [2.75, 3.05) is 39.8 Å². The summed E-state index contributed by atoms with van der Waals surface area (Å²) in [6.45, 7) is 5.52. The number of carbonyl (C=O) groups excluding carboxylic acids is 1. The SMILES string of the molecule is COc1cccc(CN2CCN(CC(=O)NCc3ccco3)CC2)c1. The summed E-state index contributed by atoms with van der Waals surface area (Å²) in [6, 6.07) is 11.9. The highest BCUT2D eigenvalue weighted by Crippen LogP contribution is 2.15. The van der Waals surface area contributed by atoms with Gasteiger partial charge in [-0.05, 0) is 29.8 Å². The summed E-state index contributed by atoms with van der Waals surface area (Å²) in [5, 5.41) is 2.89. The van der Waals surface area contributed by atoms with Crippen LogP contribution in [0, 0.1) is 0 Å². The fraction of sp³-hybridized carbons (Fsp3) is 0.421. The van der Waals surface area contributed by atoms with Crippen LogP contribution >= 0.6 is 0 Å². The lowest BCUT2D eigenvalue weighted by Crippen LogP contribution is -2.49. The number of nitrogens with one attached hydrogen (secondary N) is 1. The van der Waals surface area contributed by atoms with Crippen LogP contribution in [0.2, 0.25) is 0 Å². The maximum absolute atomic E-state index is 12.0. The predicted octanol–water partition coefficient (Wildman–Crippen LogP) is 1.72. The van der Waals surface area contributed by atoms with Crippen LogP contribution in [-0.2, 0) is 17.9 Å². The van der Waals surface area contributed by atoms with Crippen molar-refractivity contribution in [3.8, 4) is 5.75 Å². The van der Waals surface area contributed by atoms with E-state index < -0.39 is 0 Å². The first-order valence-electron chi connectivity index (χ1n) is 8.59. The first kappa shape index (κ1) is 17.5. The van der Waals surface area contributed by atoms with E-state index in [9.17, 15) is 4.79 Å². The molecule has 0 aliphatic carbocycles. The van der Waals surface area contributed by atoms with Gasteiger partial charge in [0.05, 0.1) is 26.5 Å². The zero-order valence-corrected chi connectivity index (χ0v) is 14.6. The standard InChI is InChI=1S/C19H25N3O3/c1-24-17-5-2-4-16(12-17)14-21-7-9-22(10-8-21)15-19(23)20-13-18-6-3-11-25-18/h2-6,11-12H,7-10,13-15H2,1H3,(H,20,23). The number of amides is 1. The Morgan fingerprint density at radius 2 is 1.96 bits per heavy atom. The molecule has 1 N–H and O–H groups in total. The van der Waals surface area contributed by atoms with Crippen LogP contribution in [0.4, 0.5) is 0 Å². The lowest BCUT2D eigenvalue weighted by atomic mass is 10.2. The van der Waals surface area contributed by atoms with E-state index in [-0.39, 0.29) is 5.91 Å². The summed E-state index contributed by atoms with van der Waals surface area (Å²) in [5.41, 5.74) is 1.25. The Bertz CT molecular complexity index is 664. The summed E-state index contributed by atoms with van der Waals surface area (Å²) in [5.74, 6) is 1.71. The van der Waals surface area contributed by atoms with Gasteiger partial charge < -0.3 is 14.5 Å². The average Bonchev–Trinajstić information content (AvgIpc) is 3.15. The smallest absolute Gasteiger partial charge is 0.234 e. The minimum absolute atomic E-state index is 0.0395. The van der Waals surface area contributed by atoms with Crippen LogP contribution < -0.4 is 10.1 Å². The van der Waals surface area contributed by atoms with Gasteiger partial charge in [-0.15, -0.1) is 0 Å². The van der Waals surface area contributed by atoms with Gasteiger partial charge in [0.1, 0.15) is 11.5 Å². The Kier molecular flexibility index (Phi) is 6.09. The molecule has 0 radical (unpaired) electrons. The van der Waals surface area contributed by atoms with Crippen LogP contribution in [0.25, 0.3) is 0 Å². The van der Waals surface area contributed by atoms with E-state index in [2.05, 4.69) is 27.2 Å². The van der Waals surface area contributed by atoms with Crippen LogP contribution in [0.1, 0.15) is 11.3 Å². The van der Waals surface area contributed by atoms with Crippen molar-refractivity contribution in [3.05, 3.63) is 54.0 Å². The number of ether oxygens (including phenoxy) is 1. The Hall–Kier alpha value is -2.31. The summed E-state index contributed by atoms with van der Waals surface area (Å²) < 4.78 is 10.5. The van der Waals surface area contributed by atoms with E-state index in [1.54, 1.807) is 13.4 Å². The van der Waals surface area contributed by atoms with Crippen molar-refractivity contribution < 1.29 is 13.9 Å². The molecule has 1 saturated heterocycles. The molecule has 1 aromatic heterocycles. The highest BCUT2D eigenvalue weighted by atomic mass is 16.5. The van der Waals surface area contributed by atoms with Crippen molar-refractivity contribution in [3.63, 3.8) is 0 Å². The molecule has 1 aromatic carbocycles. The molecule has 3 rings (SSSR count). The number of methoxy groups -OCH3 is 1. The second-order valence-electron chi connectivity index (χ2n) is 6.26. The molecule has 0 bridgehead atoms. The van der Waals surface area contributed by atoms with Crippen molar-refractivity contribution in [1.82, 2.24) is 15.1 Å². The van der Waals surface area contributed by atoms with Crippen LogP contribution in [-0.4, -0.2) is 55.5 Å². The molecule has 0 saturated carbocycles. The second kappa shape index (κ2) is 8.69. The largest absolute Gasteiger partial charge is 0.497 e. The highest BCUT2D eigenvalue weighted by molar-refractivity contribution is 5.77. The number of furan rings is 1. The molecule has 1 aliphatic heterocycles. The molecule has 6 nitrogen and oxygen atoms in total. The Balaban J connectivity index is 1.38. The molecule has 2 aromatic rings. The van der Waals surface area contributed by atoms with Crippen molar-refractivity contribution >= 4 is 5.91 Å². The molecule has 0 atom stereocenters. The molecule has 25 heavy (non-hydrogen) atoms. The third-order valence-electron chi connectivity index (χ3n) is 4.41.